The number of fused-ring (bicyclic) bond motifs is 5. The minimum Gasteiger partial charge on any atom is -0.508 e. The van der Waals surface area contributed by atoms with Gasteiger partial charge in [0.15, 0.2) is 5.78 Å². The summed E-state index contributed by atoms with van der Waals surface area (Å²) in [6.45, 7) is 15.9. The number of carbonyl (C=O) groups excluding carboxylic acids is 2. The number of aromatic hydroxyl groups is 1. The van der Waals surface area contributed by atoms with E-state index < -0.39 is 45.4 Å². The van der Waals surface area contributed by atoms with Gasteiger partial charge in [-0.05, 0) is 166 Å². The van der Waals surface area contributed by atoms with Crippen LogP contribution in [0.4, 0.5) is 5.69 Å². The summed E-state index contributed by atoms with van der Waals surface area (Å²) < 4.78 is 6.57. The first kappa shape index (κ1) is 47.4. The van der Waals surface area contributed by atoms with E-state index in [2.05, 4.69) is 70.4 Å². The summed E-state index contributed by atoms with van der Waals surface area (Å²) in [6, 6.07) is 13.6. The van der Waals surface area contributed by atoms with Gasteiger partial charge in [0.1, 0.15) is 17.6 Å². The van der Waals surface area contributed by atoms with Crippen molar-refractivity contribution in [2.24, 2.45) is 45.3 Å². The molecule has 2 aromatic rings. The molecule has 1 saturated heterocycles. The molecule has 8 N–H and O–H groups in total. The van der Waals surface area contributed by atoms with Crippen LogP contribution in [0.25, 0.3) is 0 Å². The normalized spacial score (nSPS) is 38.1. The molecular weight excluding hydrogens is 803 g/mol. The van der Waals surface area contributed by atoms with E-state index in [9.17, 15) is 25.2 Å². The predicted molar refractivity (Wildman–Crippen MR) is 252 cm³/mol. The Morgan fingerprint density at radius 3 is 2.44 bits per heavy atom. The number of aliphatic hydroxyl groups is 3. The number of ether oxygens (including phenoxy) is 1. The average molecular weight is 882 g/mol. The van der Waals surface area contributed by atoms with Gasteiger partial charge in [-0.1, -0.05) is 71.2 Å². The topological polar surface area (TPSA) is 178 Å². The van der Waals surface area contributed by atoms with Gasteiger partial charge in [-0.15, -0.1) is 0 Å². The molecule has 4 saturated carbocycles. The first-order valence-electron chi connectivity index (χ1n) is 24.8. The van der Waals surface area contributed by atoms with Crippen molar-refractivity contribution in [2.75, 3.05) is 25.9 Å². The molecule has 8 rings (SSSR count). The molecule has 6 aliphatic rings. The second-order valence-electron chi connectivity index (χ2n) is 22.7. The zero-order chi connectivity index (χ0) is 46.1. The number of nitrogens with two attached hydrogens (primary N) is 1. The Morgan fingerprint density at radius 1 is 0.984 bits per heavy atom. The van der Waals surface area contributed by atoms with Gasteiger partial charge in [-0.3, -0.25) is 9.59 Å². The average Bonchev–Trinajstić information content (AvgIpc) is 3.52. The van der Waals surface area contributed by atoms with Crippen LogP contribution in [0.15, 0.2) is 53.6 Å². The summed E-state index contributed by atoms with van der Waals surface area (Å²) in [4.78, 5) is 30.0. The number of benzene rings is 2. The largest absolute Gasteiger partial charge is 0.508 e. The van der Waals surface area contributed by atoms with Crippen LogP contribution in [-0.4, -0.2) is 82.1 Å². The molecule has 0 unspecified atom stereocenters. The molecule has 0 bridgehead atoms. The molecule has 10 nitrogen and oxygen atoms in total. The zero-order valence-electron chi connectivity index (χ0n) is 40.0. The van der Waals surface area contributed by atoms with E-state index in [1.165, 1.54) is 11.1 Å². The van der Waals surface area contributed by atoms with E-state index in [4.69, 9.17) is 10.5 Å². The Hall–Kier alpha value is -3.12. The molecule has 0 amide bonds. The van der Waals surface area contributed by atoms with Crippen LogP contribution in [0.3, 0.4) is 0 Å². The minimum atomic E-state index is -0.754. The molecule has 2 aromatic carbocycles. The van der Waals surface area contributed by atoms with Crippen molar-refractivity contribution in [3.63, 3.8) is 0 Å². The number of epoxide rings is 1. The zero-order valence-corrected chi connectivity index (χ0v) is 40.0. The van der Waals surface area contributed by atoms with Gasteiger partial charge in [-0.25, -0.2) is 0 Å². The van der Waals surface area contributed by atoms with E-state index in [0.29, 0.717) is 51.1 Å². The van der Waals surface area contributed by atoms with E-state index in [0.717, 1.165) is 67.3 Å². The number of rotatable bonds is 16. The highest BCUT2D eigenvalue weighted by atomic mass is 16.6. The van der Waals surface area contributed by atoms with Crippen molar-refractivity contribution in [1.29, 1.82) is 0 Å². The lowest BCUT2D eigenvalue weighted by molar-refractivity contribution is -0.203. The van der Waals surface area contributed by atoms with Gasteiger partial charge in [0.25, 0.3) is 0 Å². The number of Topliss-reactive ketones (excluding diaryl/α,β-unsaturated/α-hetero) is 2. The molecule has 0 radical (unpaired) electrons. The van der Waals surface area contributed by atoms with E-state index in [1.807, 2.05) is 19.2 Å². The van der Waals surface area contributed by atoms with Gasteiger partial charge in [0.2, 0.25) is 0 Å². The highest BCUT2D eigenvalue weighted by Crippen LogP contribution is 2.76. The second kappa shape index (κ2) is 17.5. The van der Waals surface area contributed by atoms with Crippen LogP contribution < -0.4 is 16.4 Å². The molecule has 10 heteroatoms. The maximum absolute atomic E-state index is 15.0. The standard InChI is InChI=1S/C54H79N3O7/c1-9-12-34(25-43(61)49-53(7,64-49)40-16-11-15-38(40)33-13-10-14-36(55)23-33)46-41-17-18-45-51(5)26-39(35-21-32(30-56-8)22-37(60)24-35)48(63)50(3,4)47(51)42(57-29-31(2)59)27-54(45,19-20-58)52(41,6)28-44(46)62/h10,13-14,21-24,31,34,38-40,42-43,45,47,49,56-61H,9,11-12,15-20,25-30,55H2,1-8H3/t31-,34+,38-,39-,40+,42-,43+,45+,47-,49+,51-,52-,53+,54-/m0/s1. The Balaban J connectivity index is 1.15. The fourth-order valence-electron chi connectivity index (χ4n) is 16.3. The number of aliphatic hydroxyl groups excluding tert-OH is 3. The third kappa shape index (κ3) is 7.72. The molecule has 1 heterocycles. The van der Waals surface area contributed by atoms with E-state index in [1.54, 1.807) is 19.1 Å². The van der Waals surface area contributed by atoms with Crippen molar-refractivity contribution in [3.8, 4) is 5.75 Å². The first-order valence-corrected chi connectivity index (χ1v) is 24.8. The number of phenolic OH excluding ortho intramolecular Hbond substituents is 1. The maximum Gasteiger partial charge on any atom is 0.160 e. The number of nitrogens with one attached hydrogen (secondary N) is 2. The second-order valence-corrected chi connectivity index (χ2v) is 22.7. The third-order valence-electron chi connectivity index (χ3n) is 18.5. The van der Waals surface area contributed by atoms with Gasteiger partial charge in [0, 0.05) is 54.6 Å². The predicted octanol–water partition coefficient (Wildman–Crippen LogP) is 8.10. The summed E-state index contributed by atoms with van der Waals surface area (Å²) in [5.74, 6) is 0.550. The van der Waals surface area contributed by atoms with Crippen LogP contribution in [0.5, 0.6) is 5.75 Å². The van der Waals surface area contributed by atoms with Crippen molar-refractivity contribution in [3.05, 3.63) is 70.3 Å². The smallest absolute Gasteiger partial charge is 0.160 e. The van der Waals surface area contributed by atoms with Gasteiger partial charge in [0.05, 0.1) is 17.8 Å². The van der Waals surface area contributed by atoms with Gasteiger partial charge in [-0.2, -0.15) is 0 Å². The first-order chi connectivity index (χ1) is 30.3. The number of allylic oxidation sites excluding steroid dienone is 2. The lowest BCUT2D eigenvalue weighted by Gasteiger charge is -2.71. The highest BCUT2D eigenvalue weighted by Gasteiger charge is 2.72. The fourth-order valence-corrected chi connectivity index (χ4v) is 16.3. The molecular formula is C54H79N3O7. The Labute approximate surface area is 382 Å². The molecule has 5 aliphatic carbocycles. The van der Waals surface area contributed by atoms with E-state index in [-0.39, 0.29) is 59.7 Å². The molecule has 352 valence electrons. The quantitative estimate of drug-likeness (QED) is 0.0644. The van der Waals surface area contributed by atoms with Crippen molar-refractivity contribution < 1.29 is 34.8 Å². The number of nitrogen functional groups attached to an aromatic ring is 1. The Bertz CT molecular complexity index is 2120. The number of hydrogen-bond donors (Lipinski definition) is 7. The number of carbonyl (C=O) groups is 2. The maximum atomic E-state index is 15.0. The fraction of sp³-hybridized carbons (Fsp3) is 0.704. The number of ketones is 2. The minimum absolute atomic E-state index is 0.0229. The summed E-state index contributed by atoms with van der Waals surface area (Å²) >= 11 is 0. The third-order valence-corrected chi connectivity index (χ3v) is 18.5. The molecule has 0 aromatic heterocycles. The van der Waals surface area contributed by atoms with Crippen LogP contribution in [-0.2, 0) is 20.9 Å². The molecule has 0 spiro atoms. The van der Waals surface area contributed by atoms with Gasteiger partial charge >= 0.3 is 0 Å². The molecule has 14 atom stereocenters. The summed E-state index contributed by atoms with van der Waals surface area (Å²) in [5.41, 5.74) is 9.48. The number of hydrogen-bond acceptors (Lipinski definition) is 10. The lowest BCUT2D eigenvalue weighted by atomic mass is 9.33. The highest BCUT2D eigenvalue weighted by molar-refractivity contribution is 6.01. The molecule has 5 fully saturated rings. The van der Waals surface area contributed by atoms with E-state index >= 15 is 4.79 Å². The lowest BCUT2D eigenvalue weighted by Crippen LogP contribution is -2.70. The number of phenols is 1. The summed E-state index contributed by atoms with van der Waals surface area (Å²) in [5, 5.41) is 52.0. The van der Waals surface area contributed by atoms with Crippen LogP contribution in [0, 0.1) is 45.3 Å². The monoisotopic (exact) mass is 882 g/mol. The van der Waals surface area contributed by atoms with Gasteiger partial charge < -0.3 is 41.5 Å². The van der Waals surface area contributed by atoms with Crippen LogP contribution in [0.1, 0.15) is 154 Å². The van der Waals surface area contributed by atoms with Crippen LogP contribution in [0.2, 0.25) is 0 Å². The Kier molecular flexibility index (Phi) is 13.0. The van der Waals surface area contributed by atoms with Crippen molar-refractivity contribution >= 4 is 17.3 Å². The molecule has 64 heavy (non-hydrogen) atoms. The van der Waals surface area contributed by atoms with Crippen molar-refractivity contribution in [2.45, 2.75) is 174 Å². The Morgan fingerprint density at radius 2 is 1.75 bits per heavy atom. The number of anilines is 1. The van der Waals surface area contributed by atoms with Crippen LogP contribution >= 0.6 is 0 Å². The summed E-state index contributed by atoms with van der Waals surface area (Å²) in [7, 11) is 1.87. The summed E-state index contributed by atoms with van der Waals surface area (Å²) in [6.07, 6.45) is 7.51. The molecule has 1 aliphatic heterocycles. The SMILES string of the molecule is CCC[C@H](C[C@@H](O)[C@H]1O[C@]1(C)[C@@H]1CCC[C@H]1c1cccc(N)c1)C1=C2CC[C@@H]3[C@]4(C)C[C@@H](c5cc(O)cc(CNC)c5)C(=O)C(C)(C)[C@@H]4[C@@H](NC[C@H](C)O)C[C@]3(CCO)[C@@]2(C)CC1=O. The van der Waals surface area contributed by atoms with Crippen molar-refractivity contribution in [1.82, 2.24) is 10.6 Å².